The second-order valence-electron chi connectivity index (χ2n) is 7.69. The van der Waals surface area contributed by atoms with Crippen molar-refractivity contribution in [1.82, 2.24) is 0 Å². The zero-order valence-electron chi connectivity index (χ0n) is 17.0. The van der Waals surface area contributed by atoms with Crippen LogP contribution in [-0.2, 0) is 24.1 Å². The number of esters is 1. The summed E-state index contributed by atoms with van der Waals surface area (Å²) in [6.07, 6.45) is 0.691. The molecule has 0 aliphatic carbocycles. The number of benzene rings is 2. The third-order valence-electron chi connectivity index (χ3n) is 5.21. The lowest BCUT2D eigenvalue weighted by Gasteiger charge is -2.24. The van der Waals surface area contributed by atoms with Crippen LogP contribution in [0.25, 0.3) is 0 Å². The number of hydrogen-bond donors (Lipinski definition) is 0. The van der Waals surface area contributed by atoms with Gasteiger partial charge in [0.1, 0.15) is 11.5 Å². The molecule has 0 fully saturated rings. The molecule has 1 atom stereocenters. The van der Waals surface area contributed by atoms with Crippen molar-refractivity contribution >= 4 is 5.97 Å². The molecule has 29 heavy (non-hydrogen) atoms. The molecular weight excluding hydrogens is 374 g/mol. The van der Waals surface area contributed by atoms with Gasteiger partial charge in [-0.3, -0.25) is 4.79 Å². The molecule has 0 saturated carbocycles. The Morgan fingerprint density at radius 3 is 2.45 bits per heavy atom. The van der Waals surface area contributed by atoms with Gasteiger partial charge in [-0.2, -0.15) is 8.78 Å². The van der Waals surface area contributed by atoms with Crippen LogP contribution in [0.1, 0.15) is 56.2 Å². The molecule has 0 aromatic heterocycles. The van der Waals surface area contributed by atoms with Gasteiger partial charge in [0.05, 0.1) is 12.3 Å². The minimum Gasteiger partial charge on any atom is -0.433 e. The van der Waals surface area contributed by atoms with Crippen LogP contribution in [0.3, 0.4) is 0 Å². The van der Waals surface area contributed by atoms with Crippen molar-refractivity contribution in [2.24, 2.45) is 5.92 Å². The number of ether oxygens (including phenoxy) is 2. The van der Waals surface area contributed by atoms with E-state index in [0.717, 1.165) is 36.8 Å². The maximum absolute atomic E-state index is 14.3. The summed E-state index contributed by atoms with van der Waals surface area (Å²) in [4.78, 5) is 12.1. The van der Waals surface area contributed by atoms with E-state index < -0.39 is 12.5 Å². The van der Waals surface area contributed by atoms with Crippen molar-refractivity contribution in [3.8, 4) is 11.5 Å². The average molecular weight is 402 g/mol. The fourth-order valence-electron chi connectivity index (χ4n) is 3.65. The van der Waals surface area contributed by atoms with Crippen LogP contribution in [0, 0.1) is 5.92 Å². The largest absolute Gasteiger partial charge is 0.433 e. The van der Waals surface area contributed by atoms with Crippen molar-refractivity contribution in [1.29, 1.82) is 0 Å². The SMILES string of the molecule is CCCc1ccc(OC(F)(F)CCc2ccc3c(c2)OC(=O)C(CCC)C3)cc1. The highest BCUT2D eigenvalue weighted by atomic mass is 19.3. The molecule has 1 unspecified atom stereocenters. The van der Waals surface area contributed by atoms with E-state index >= 15 is 0 Å². The Balaban J connectivity index is 1.59. The van der Waals surface area contributed by atoms with Gasteiger partial charge in [-0.25, -0.2) is 0 Å². The third kappa shape index (κ3) is 5.78. The molecule has 1 heterocycles. The minimum absolute atomic E-state index is 0.111. The Hall–Kier alpha value is -2.43. The average Bonchev–Trinajstić information content (AvgIpc) is 2.69. The molecule has 0 spiro atoms. The summed E-state index contributed by atoms with van der Waals surface area (Å²) in [7, 11) is 0. The number of halogens is 2. The maximum atomic E-state index is 14.3. The highest BCUT2D eigenvalue weighted by Crippen LogP contribution is 2.32. The number of carbonyl (C=O) groups excluding carboxylic acids is 1. The van der Waals surface area contributed by atoms with Gasteiger partial charge < -0.3 is 9.47 Å². The van der Waals surface area contributed by atoms with Crippen molar-refractivity contribution < 1.29 is 23.0 Å². The number of carbonyl (C=O) groups is 1. The number of hydrogen-bond acceptors (Lipinski definition) is 3. The maximum Gasteiger partial charge on any atom is 0.398 e. The van der Waals surface area contributed by atoms with Crippen LogP contribution in [-0.4, -0.2) is 12.1 Å². The Labute approximate surface area is 171 Å². The summed E-state index contributed by atoms with van der Waals surface area (Å²) < 4.78 is 38.9. The monoisotopic (exact) mass is 402 g/mol. The quantitative estimate of drug-likeness (QED) is 0.374. The van der Waals surface area contributed by atoms with E-state index in [1.807, 2.05) is 31.2 Å². The van der Waals surface area contributed by atoms with E-state index in [1.54, 1.807) is 18.2 Å². The lowest BCUT2D eigenvalue weighted by molar-refractivity contribution is -0.180. The molecule has 0 saturated heterocycles. The first kappa shape index (κ1) is 21.3. The first-order valence-corrected chi connectivity index (χ1v) is 10.4. The van der Waals surface area contributed by atoms with Crippen molar-refractivity contribution in [2.75, 3.05) is 0 Å². The van der Waals surface area contributed by atoms with Crippen molar-refractivity contribution in [3.05, 3.63) is 59.2 Å². The van der Waals surface area contributed by atoms with Gasteiger partial charge in [0.25, 0.3) is 0 Å². The highest BCUT2D eigenvalue weighted by Gasteiger charge is 2.32. The predicted molar refractivity (Wildman–Crippen MR) is 109 cm³/mol. The van der Waals surface area contributed by atoms with Gasteiger partial charge in [-0.05, 0) is 60.6 Å². The van der Waals surface area contributed by atoms with Crippen LogP contribution in [0.15, 0.2) is 42.5 Å². The van der Waals surface area contributed by atoms with E-state index in [-0.39, 0.29) is 24.1 Å². The summed E-state index contributed by atoms with van der Waals surface area (Å²) in [5.74, 6) is 0.322. The molecule has 0 amide bonds. The summed E-state index contributed by atoms with van der Waals surface area (Å²) in [6, 6.07) is 12.2. The molecule has 2 aromatic carbocycles. The van der Waals surface area contributed by atoms with Gasteiger partial charge >= 0.3 is 12.1 Å². The molecule has 156 valence electrons. The molecule has 0 bridgehead atoms. The smallest absolute Gasteiger partial charge is 0.398 e. The second kappa shape index (κ2) is 9.38. The fraction of sp³-hybridized carbons (Fsp3) is 0.458. The Morgan fingerprint density at radius 2 is 1.76 bits per heavy atom. The molecule has 1 aliphatic heterocycles. The number of aryl methyl sites for hydroxylation is 2. The van der Waals surface area contributed by atoms with Crippen LogP contribution >= 0.6 is 0 Å². The predicted octanol–water partition coefficient (Wildman–Crippen LogP) is 6.12. The van der Waals surface area contributed by atoms with Crippen molar-refractivity contribution in [2.45, 2.75) is 64.9 Å². The Morgan fingerprint density at radius 1 is 1.03 bits per heavy atom. The lowest BCUT2D eigenvalue weighted by atomic mass is 9.91. The van der Waals surface area contributed by atoms with Crippen LogP contribution in [0.2, 0.25) is 0 Å². The zero-order valence-corrected chi connectivity index (χ0v) is 17.0. The van der Waals surface area contributed by atoms with E-state index in [4.69, 9.17) is 9.47 Å². The first-order chi connectivity index (χ1) is 13.9. The summed E-state index contributed by atoms with van der Waals surface area (Å²) in [5, 5.41) is 0. The fourth-order valence-corrected chi connectivity index (χ4v) is 3.65. The molecule has 0 N–H and O–H groups in total. The number of fused-ring (bicyclic) bond motifs is 1. The first-order valence-electron chi connectivity index (χ1n) is 10.4. The summed E-state index contributed by atoms with van der Waals surface area (Å²) >= 11 is 0. The van der Waals surface area contributed by atoms with E-state index in [0.29, 0.717) is 17.7 Å². The van der Waals surface area contributed by atoms with Gasteiger partial charge in [-0.1, -0.05) is 51.0 Å². The lowest BCUT2D eigenvalue weighted by Crippen LogP contribution is -2.28. The normalized spacial score (nSPS) is 16.3. The van der Waals surface area contributed by atoms with E-state index in [2.05, 4.69) is 6.92 Å². The van der Waals surface area contributed by atoms with Gasteiger partial charge in [0.2, 0.25) is 0 Å². The molecule has 3 nitrogen and oxygen atoms in total. The van der Waals surface area contributed by atoms with E-state index in [9.17, 15) is 13.6 Å². The number of alkyl halides is 2. The van der Waals surface area contributed by atoms with Gasteiger partial charge in [-0.15, -0.1) is 0 Å². The van der Waals surface area contributed by atoms with Gasteiger partial charge in [0.15, 0.2) is 0 Å². The second-order valence-corrected chi connectivity index (χ2v) is 7.69. The third-order valence-corrected chi connectivity index (χ3v) is 5.21. The van der Waals surface area contributed by atoms with Crippen LogP contribution in [0.4, 0.5) is 8.78 Å². The minimum atomic E-state index is -3.27. The van der Waals surface area contributed by atoms with E-state index in [1.165, 1.54) is 0 Å². The van der Waals surface area contributed by atoms with Crippen LogP contribution in [0.5, 0.6) is 11.5 Å². The molecular formula is C24H28F2O3. The van der Waals surface area contributed by atoms with Crippen LogP contribution < -0.4 is 9.47 Å². The molecule has 5 heteroatoms. The topological polar surface area (TPSA) is 35.5 Å². The Bertz CT molecular complexity index is 831. The highest BCUT2D eigenvalue weighted by molar-refractivity contribution is 5.78. The van der Waals surface area contributed by atoms with Gasteiger partial charge in [0, 0.05) is 0 Å². The van der Waals surface area contributed by atoms with Crippen molar-refractivity contribution in [3.63, 3.8) is 0 Å². The summed E-state index contributed by atoms with van der Waals surface area (Å²) in [6.45, 7) is 4.11. The molecule has 2 aromatic rings. The molecule has 1 aliphatic rings. The molecule has 0 radical (unpaired) electrons. The Kier molecular flexibility index (Phi) is 6.88. The zero-order chi connectivity index (χ0) is 20.9. The standard InChI is InChI=1S/C24H28F2O3/c1-3-5-17-8-11-21(12-9-17)29-24(25,26)14-13-18-7-10-19-16-20(6-4-2)23(27)28-22(19)15-18/h7-12,15,20H,3-6,13-14,16H2,1-2H3. The molecule has 3 rings (SSSR count). The number of rotatable bonds is 9. The summed E-state index contributed by atoms with van der Waals surface area (Å²) in [5.41, 5.74) is 2.77.